The van der Waals surface area contributed by atoms with E-state index in [1.807, 2.05) is 0 Å². The van der Waals surface area contributed by atoms with E-state index in [1.165, 1.54) is 12.8 Å². The first kappa shape index (κ1) is 11.4. The van der Waals surface area contributed by atoms with Crippen LogP contribution in [0.4, 0.5) is 0 Å². The average molecular weight is 198 g/mol. The highest BCUT2D eigenvalue weighted by atomic mass is 16.5. The molecule has 0 amide bonds. The van der Waals surface area contributed by atoms with E-state index in [4.69, 9.17) is 9.47 Å². The summed E-state index contributed by atoms with van der Waals surface area (Å²) in [5.74, 6) is 2.23. The SMILES string of the molecule is CCCOC1=C(OCCC)CCCC1. The third-order valence-corrected chi connectivity index (χ3v) is 2.33. The molecule has 0 aromatic rings. The first-order chi connectivity index (χ1) is 6.88. The van der Waals surface area contributed by atoms with Crippen molar-refractivity contribution in [3.63, 3.8) is 0 Å². The molecule has 0 atom stereocenters. The number of rotatable bonds is 6. The molecule has 0 spiro atoms. The standard InChI is InChI=1S/C12H22O2/c1-3-9-13-11-7-5-6-8-12(11)14-10-4-2/h3-10H2,1-2H3. The van der Waals surface area contributed by atoms with Crippen molar-refractivity contribution in [2.24, 2.45) is 0 Å². The summed E-state index contributed by atoms with van der Waals surface area (Å²) >= 11 is 0. The fourth-order valence-electron chi connectivity index (χ4n) is 1.61. The van der Waals surface area contributed by atoms with Gasteiger partial charge in [-0.2, -0.15) is 0 Å². The van der Waals surface area contributed by atoms with Gasteiger partial charge in [-0.15, -0.1) is 0 Å². The van der Waals surface area contributed by atoms with E-state index in [9.17, 15) is 0 Å². The summed E-state index contributed by atoms with van der Waals surface area (Å²) in [5.41, 5.74) is 0. The highest BCUT2D eigenvalue weighted by molar-refractivity contribution is 5.05. The Labute approximate surface area is 87.3 Å². The largest absolute Gasteiger partial charge is 0.494 e. The van der Waals surface area contributed by atoms with Gasteiger partial charge in [-0.1, -0.05) is 13.8 Å². The lowest BCUT2D eigenvalue weighted by Crippen LogP contribution is -2.07. The molecule has 0 saturated heterocycles. The fraction of sp³-hybridized carbons (Fsp3) is 0.833. The Morgan fingerprint density at radius 3 is 1.64 bits per heavy atom. The van der Waals surface area contributed by atoms with Crippen molar-refractivity contribution in [1.82, 2.24) is 0 Å². The molecular formula is C12H22O2. The van der Waals surface area contributed by atoms with Crippen molar-refractivity contribution in [3.8, 4) is 0 Å². The van der Waals surface area contributed by atoms with Gasteiger partial charge in [0.25, 0.3) is 0 Å². The predicted molar refractivity (Wildman–Crippen MR) is 58.0 cm³/mol. The summed E-state index contributed by atoms with van der Waals surface area (Å²) < 4.78 is 11.4. The number of ether oxygens (including phenoxy) is 2. The maximum Gasteiger partial charge on any atom is 0.133 e. The van der Waals surface area contributed by atoms with E-state index >= 15 is 0 Å². The molecule has 0 saturated carbocycles. The van der Waals surface area contributed by atoms with E-state index in [2.05, 4.69) is 13.8 Å². The summed E-state index contributed by atoms with van der Waals surface area (Å²) in [6.07, 6.45) is 6.78. The van der Waals surface area contributed by atoms with Crippen LogP contribution in [0.1, 0.15) is 52.4 Å². The van der Waals surface area contributed by atoms with E-state index in [1.54, 1.807) is 0 Å². The second-order valence-electron chi connectivity index (χ2n) is 3.75. The van der Waals surface area contributed by atoms with Gasteiger partial charge in [-0.25, -0.2) is 0 Å². The second kappa shape index (κ2) is 6.74. The molecule has 0 aromatic heterocycles. The normalized spacial score (nSPS) is 17.0. The molecule has 1 aliphatic carbocycles. The molecule has 82 valence electrons. The molecule has 14 heavy (non-hydrogen) atoms. The maximum absolute atomic E-state index is 5.70. The lowest BCUT2D eigenvalue weighted by atomic mass is 10.0. The molecule has 0 fully saturated rings. The van der Waals surface area contributed by atoms with Crippen molar-refractivity contribution >= 4 is 0 Å². The van der Waals surface area contributed by atoms with Crippen molar-refractivity contribution in [2.45, 2.75) is 52.4 Å². The molecule has 0 aliphatic heterocycles. The van der Waals surface area contributed by atoms with Crippen LogP contribution in [0.3, 0.4) is 0 Å². The molecule has 0 unspecified atom stereocenters. The first-order valence-electron chi connectivity index (χ1n) is 5.86. The molecule has 2 heteroatoms. The first-order valence-corrected chi connectivity index (χ1v) is 5.86. The lowest BCUT2D eigenvalue weighted by molar-refractivity contribution is 0.129. The lowest BCUT2D eigenvalue weighted by Gasteiger charge is -2.20. The molecular weight excluding hydrogens is 176 g/mol. The molecule has 0 heterocycles. The Bertz CT molecular complexity index is 165. The molecule has 0 N–H and O–H groups in total. The summed E-state index contributed by atoms with van der Waals surface area (Å²) in [6, 6.07) is 0. The minimum absolute atomic E-state index is 0.828. The van der Waals surface area contributed by atoms with Gasteiger partial charge in [0.05, 0.1) is 13.2 Å². The fourth-order valence-corrected chi connectivity index (χ4v) is 1.61. The molecule has 2 nitrogen and oxygen atoms in total. The van der Waals surface area contributed by atoms with Crippen LogP contribution in [0.15, 0.2) is 11.5 Å². The summed E-state index contributed by atoms with van der Waals surface area (Å²) in [6.45, 7) is 5.93. The van der Waals surface area contributed by atoms with Crippen LogP contribution in [-0.4, -0.2) is 13.2 Å². The monoisotopic (exact) mass is 198 g/mol. The van der Waals surface area contributed by atoms with E-state index in [0.717, 1.165) is 50.4 Å². The summed E-state index contributed by atoms with van der Waals surface area (Å²) in [4.78, 5) is 0. The zero-order chi connectivity index (χ0) is 10.2. The number of hydrogen-bond donors (Lipinski definition) is 0. The number of hydrogen-bond acceptors (Lipinski definition) is 2. The third kappa shape index (κ3) is 3.60. The zero-order valence-electron chi connectivity index (χ0n) is 9.47. The Morgan fingerprint density at radius 1 is 0.857 bits per heavy atom. The van der Waals surface area contributed by atoms with Crippen LogP contribution in [-0.2, 0) is 9.47 Å². The smallest absolute Gasteiger partial charge is 0.133 e. The highest BCUT2D eigenvalue weighted by Gasteiger charge is 2.14. The summed E-state index contributed by atoms with van der Waals surface area (Å²) in [7, 11) is 0. The molecule has 0 bridgehead atoms. The minimum atomic E-state index is 0.828. The quantitative estimate of drug-likeness (QED) is 0.649. The Kier molecular flexibility index (Phi) is 5.50. The van der Waals surface area contributed by atoms with E-state index in [-0.39, 0.29) is 0 Å². The molecule has 0 radical (unpaired) electrons. The maximum atomic E-state index is 5.70. The summed E-state index contributed by atoms with van der Waals surface area (Å²) in [5, 5.41) is 0. The predicted octanol–water partition coefficient (Wildman–Crippen LogP) is 3.63. The minimum Gasteiger partial charge on any atom is -0.494 e. The van der Waals surface area contributed by atoms with Gasteiger partial charge >= 0.3 is 0 Å². The molecule has 0 aromatic carbocycles. The second-order valence-corrected chi connectivity index (χ2v) is 3.75. The zero-order valence-corrected chi connectivity index (χ0v) is 9.47. The van der Waals surface area contributed by atoms with Gasteiger partial charge in [0.15, 0.2) is 0 Å². The van der Waals surface area contributed by atoms with Crippen molar-refractivity contribution in [3.05, 3.63) is 11.5 Å². The average Bonchev–Trinajstić information content (AvgIpc) is 2.24. The topological polar surface area (TPSA) is 18.5 Å². The van der Waals surface area contributed by atoms with Crippen LogP contribution >= 0.6 is 0 Å². The third-order valence-electron chi connectivity index (χ3n) is 2.33. The van der Waals surface area contributed by atoms with Crippen LogP contribution in [0.25, 0.3) is 0 Å². The van der Waals surface area contributed by atoms with Gasteiger partial charge in [0, 0.05) is 12.8 Å². The van der Waals surface area contributed by atoms with Gasteiger partial charge in [-0.3, -0.25) is 0 Å². The molecule has 1 rings (SSSR count). The van der Waals surface area contributed by atoms with Crippen LogP contribution in [0.5, 0.6) is 0 Å². The van der Waals surface area contributed by atoms with Gasteiger partial charge in [-0.05, 0) is 25.7 Å². The van der Waals surface area contributed by atoms with Crippen molar-refractivity contribution < 1.29 is 9.47 Å². The highest BCUT2D eigenvalue weighted by Crippen LogP contribution is 2.26. The van der Waals surface area contributed by atoms with Crippen molar-refractivity contribution in [1.29, 1.82) is 0 Å². The van der Waals surface area contributed by atoms with Crippen LogP contribution in [0, 0.1) is 0 Å². The Morgan fingerprint density at radius 2 is 1.29 bits per heavy atom. The van der Waals surface area contributed by atoms with Gasteiger partial charge < -0.3 is 9.47 Å². The van der Waals surface area contributed by atoms with Gasteiger partial charge in [0.2, 0.25) is 0 Å². The van der Waals surface area contributed by atoms with Crippen molar-refractivity contribution in [2.75, 3.05) is 13.2 Å². The van der Waals surface area contributed by atoms with Crippen LogP contribution < -0.4 is 0 Å². The van der Waals surface area contributed by atoms with Crippen LogP contribution in [0.2, 0.25) is 0 Å². The van der Waals surface area contributed by atoms with Gasteiger partial charge in [0.1, 0.15) is 11.5 Å². The molecule has 1 aliphatic rings. The Hall–Kier alpha value is -0.660. The van der Waals surface area contributed by atoms with E-state index in [0.29, 0.717) is 0 Å². The van der Waals surface area contributed by atoms with E-state index < -0.39 is 0 Å². The Balaban J connectivity index is 2.45. The number of allylic oxidation sites excluding steroid dienone is 2.